The summed E-state index contributed by atoms with van der Waals surface area (Å²) in [5.41, 5.74) is 4.88. The number of aromatic nitrogens is 2. The number of para-hydroxylation sites is 2. The van der Waals surface area contributed by atoms with Crippen molar-refractivity contribution >= 4 is 45.0 Å². The molecule has 0 fully saturated rings. The summed E-state index contributed by atoms with van der Waals surface area (Å²) in [5, 5.41) is 4.58. The lowest BCUT2D eigenvalue weighted by molar-refractivity contribution is -0.118. The van der Waals surface area contributed by atoms with E-state index in [1.165, 1.54) is 42.2 Å². The van der Waals surface area contributed by atoms with Crippen molar-refractivity contribution in [3.8, 4) is 5.75 Å². The number of carbonyl (C=O) groups excluding carboxylic acids is 1. The second kappa shape index (κ2) is 9.67. The molecule has 1 heterocycles. The number of imidazole rings is 1. The van der Waals surface area contributed by atoms with E-state index < -0.39 is 10.1 Å². The van der Waals surface area contributed by atoms with Crippen LogP contribution in [0.4, 0.5) is 0 Å². The molecule has 0 radical (unpaired) electrons. The maximum absolute atomic E-state index is 12.2. The van der Waals surface area contributed by atoms with Gasteiger partial charge in [0.05, 0.1) is 23.0 Å². The van der Waals surface area contributed by atoms with Crippen molar-refractivity contribution in [1.29, 1.82) is 0 Å². The first-order valence-corrected chi connectivity index (χ1v) is 11.9. The highest BCUT2D eigenvalue weighted by molar-refractivity contribution is 7.99. The first kappa shape index (κ1) is 21.6. The Morgan fingerprint density at radius 2 is 1.75 bits per heavy atom. The molecule has 8 nitrogen and oxygen atoms in total. The van der Waals surface area contributed by atoms with Gasteiger partial charge in [-0.25, -0.2) is 10.4 Å². The first-order valence-electron chi connectivity index (χ1n) is 9.49. The topological polar surface area (TPSA) is 114 Å². The van der Waals surface area contributed by atoms with Crippen LogP contribution in [0.1, 0.15) is 5.56 Å². The maximum atomic E-state index is 12.2. The maximum Gasteiger partial charge on any atom is 0.339 e. The van der Waals surface area contributed by atoms with Crippen LogP contribution in [0.25, 0.3) is 11.0 Å². The first-order chi connectivity index (χ1) is 15.5. The molecule has 4 aromatic rings. The van der Waals surface area contributed by atoms with Crippen molar-refractivity contribution in [2.24, 2.45) is 5.10 Å². The summed E-state index contributed by atoms with van der Waals surface area (Å²) in [6.45, 7) is 0. The van der Waals surface area contributed by atoms with Gasteiger partial charge in [0.15, 0.2) is 5.16 Å². The number of carbonyl (C=O) groups is 1. The molecule has 0 aliphatic heterocycles. The number of hydrogen-bond acceptors (Lipinski definition) is 7. The molecule has 10 heteroatoms. The van der Waals surface area contributed by atoms with E-state index >= 15 is 0 Å². The molecule has 0 aliphatic carbocycles. The van der Waals surface area contributed by atoms with E-state index in [-0.39, 0.29) is 22.3 Å². The van der Waals surface area contributed by atoms with Crippen molar-refractivity contribution < 1.29 is 17.4 Å². The van der Waals surface area contributed by atoms with Crippen LogP contribution >= 0.6 is 11.8 Å². The summed E-state index contributed by atoms with van der Waals surface area (Å²) in [6.07, 6.45) is 1.46. The van der Waals surface area contributed by atoms with E-state index in [0.29, 0.717) is 10.7 Å². The Bertz CT molecular complexity index is 1320. The Morgan fingerprint density at radius 3 is 2.50 bits per heavy atom. The number of aromatic amines is 1. The third-order valence-corrected chi connectivity index (χ3v) is 6.36. The minimum absolute atomic E-state index is 0.0777. The molecule has 1 aromatic heterocycles. The van der Waals surface area contributed by atoms with E-state index in [1.54, 1.807) is 30.3 Å². The fourth-order valence-electron chi connectivity index (χ4n) is 2.71. The van der Waals surface area contributed by atoms with Crippen molar-refractivity contribution in [2.75, 3.05) is 5.75 Å². The van der Waals surface area contributed by atoms with E-state index in [2.05, 4.69) is 20.5 Å². The van der Waals surface area contributed by atoms with Crippen LogP contribution < -0.4 is 9.61 Å². The van der Waals surface area contributed by atoms with Gasteiger partial charge in [0.2, 0.25) is 0 Å². The van der Waals surface area contributed by atoms with Crippen LogP contribution in [-0.4, -0.2) is 36.3 Å². The lowest BCUT2D eigenvalue weighted by Gasteiger charge is -2.06. The Labute approximate surface area is 188 Å². The third kappa shape index (κ3) is 5.54. The number of H-pyrrole nitrogens is 1. The highest BCUT2D eigenvalue weighted by Gasteiger charge is 2.15. The largest absolute Gasteiger partial charge is 0.379 e. The fourth-order valence-corrected chi connectivity index (χ4v) is 4.34. The molecule has 1 amide bonds. The van der Waals surface area contributed by atoms with Crippen molar-refractivity contribution in [3.05, 3.63) is 84.4 Å². The van der Waals surface area contributed by atoms with Gasteiger partial charge >= 0.3 is 10.1 Å². The lowest BCUT2D eigenvalue weighted by Crippen LogP contribution is -2.19. The molecule has 0 unspecified atom stereocenters. The van der Waals surface area contributed by atoms with Gasteiger partial charge < -0.3 is 9.17 Å². The van der Waals surface area contributed by atoms with Gasteiger partial charge in [-0.3, -0.25) is 4.79 Å². The molecular formula is C22H18N4O4S2. The number of nitrogens with one attached hydrogen (secondary N) is 2. The highest BCUT2D eigenvalue weighted by Crippen LogP contribution is 2.19. The van der Waals surface area contributed by atoms with Crippen LogP contribution in [0.5, 0.6) is 5.75 Å². The summed E-state index contributed by atoms with van der Waals surface area (Å²) < 4.78 is 29.6. The zero-order valence-corrected chi connectivity index (χ0v) is 18.3. The molecule has 0 bridgehead atoms. The molecule has 0 saturated heterocycles. The van der Waals surface area contributed by atoms with E-state index in [1.807, 2.05) is 24.3 Å². The zero-order chi connectivity index (χ0) is 22.4. The molecule has 0 spiro atoms. The summed E-state index contributed by atoms with van der Waals surface area (Å²) in [7, 11) is -3.89. The summed E-state index contributed by atoms with van der Waals surface area (Å²) in [5.74, 6) is 0.0549. The molecule has 32 heavy (non-hydrogen) atoms. The highest BCUT2D eigenvalue weighted by atomic mass is 32.2. The second-order valence-corrected chi connectivity index (χ2v) is 9.07. The Balaban J connectivity index is 1.27. The molecule has 3 aromatic carbocycles. The van der Waals surface area contributed by atoms with Gasteiger partial charge in [-0.2, -0.15) is 13.5 Å². The van der Waals surface area contributed by atoms with Gasteiger partial charge in [0.25, 0.3) is 5.91 Å². The van der Waals surface area contributed by atoms with E-state index in [4.69, 9.17) is 4.18 Å². The third-order valence-electron chi connectivity index (χ3n) is 4.23. The average Bonchev–Trinajstić information content (AvgIpc) is 3.22. The fraction of sp³-hybridized carbons (Fsp3) is 0.0455. The van der Waals surface area contributed by atoms with Crippen molar-refractivity contribution in [2.45, 2.75) is 10.1 Å². The molecular weight excluding hydrogens is 448 g/mol. The molecule has 162 valence electrons. The Morgan fingerprint density at radius 1 is 1.03 bits per heavy atom. The van der Waals surface area contributed by atoms with Gasteiger partial charge in [0, 0.05) is 0 Å². The van der Waals surface area contributed by atoms with Gasteiger partial charge in [0.1, 0.15) is 10.6 Å². The number of benzene rings is 3. The quantitative estimate of drug-likeness (QED) is 0.178. The second-order valence-electron chi connectivity index (χ2n) is 6.56. The number of fused-ring (bicyclic) bond motifs is 1. The van der Waals surface area contributed by atoms with Gasteiger partial charge in [-0.1, -0.05) is 42.1 Å². The summed E-state index contributed by atoms with van der Waals surface area (Å²) in [4.78, 5) is 19.6. The molecule has 0 aliphatic rings. The van der Waals surface area contributed by atoms with Crippen LogP contribution in [0.15, 0.2) is 94.0 Å². The minimum Gasteiger partial charge on any atom is -0.379 e. The van der Waals surface area contributed by atoms with Gasteiger partial charge in [-0.05, 0) is 54.1 Å². The van der Waals surface area contributed by atoms with Crippen molar-refractivity contribution in [3.63, 3.8) is 0 Å². The number of rotatable bonds is 8. The average molecular weight is 467 g/mol. The van der Waals surface area contributed by atoms with Gasteiger partial charge in [-0.15, -0.1) is 0 Å². The van der Waals surface area contributed by atoms with E-state index in [9.17, 15) is 13.2 Å². The number of amides is 1. The van der Waals surface area contributed by atoms with Crippen LogP contribution in [0.3, 0.4) is 0 Å². The molecule has 4 rings (SSSR count). The van der Waals surface area contributed by atoms with Crippen molar-refractivity contribution in [1.82, 2.24) is 15.4 Å². The zero-order valence-electron chi connectivity index (χ0n) is 16.6. The number of hydrazone groups is 1. The normalized spacial score (nSPS) is 11.6. The standard InChI is InChI=1S/C22H18N4O4S2/c27-21(15-31-22-24-19-8-4-5-9-20(19)25-22)26-23-14-16-10-12-17(13-11-16)30-32(28,29)18-6-2-1-3-7-18/h1-14H,15H2,(H,24,25)(H,26,27)/b23-14-. The predicted molar refractivity (Wildman–Crippen MR) is 123 cm³/mol. The molecule has 2 N–H and O–H groups in total. The van der Waals surface area contributed by atoms with Crippen LogP contribution in [0.2, 0.25) is 0 Å². The minimum atomic E-state index is -3.89. The number of thioether (sulfide) groups is 1. The lowest BCUT2D eigenvalue weighted by atomic mass is 10.2. The Hall–Kier alpha value is -3.63. The monoisotopic (exact) mass is 466 g/mol. The molecule has 0 saturated carbocycles. The van der Waals surface area contributed by atoms with Crippen LogP contribution in [0, 0.1) is 0 Å². The number of nitrogens with zero attached hydrogens (tertiary/aromatic N) is 2. The SMILES string of the molecule is O=C(CSc1nc2ccccc2[nH]1)N/N=C\c1ccc(OS(=O)(=O)c2ccccc2)cc1. The predicted octanol–water partition coefficient (Wildman–Crippen LogP) is 3.57. The Kier molecular flexibility index (Phi) is 6.52. The molecule has 0 atom stereocenters. The summed E-state index contributed by atoms with van der Waals surface area (Å²) >= 11 is 1.28. The summed E-state index contributed by atoms with van der Waals surface area (Å²) in [6, 6.07) is 21.8. The van der Waals surface area contributed by atoms with E-state index in [0.717, 1.165) is 11.0 Å². The number of hydrogen-bond donors (Lipinski definition) is 2. The van der Waals surface area contributed by atoms with Crippen LogP contribution in [-0.2, 0) is 14.9 Å². The smallest absolute Gasteiger partial charge is 0.339 e.